The van der Waals surface area contributed by atoms with Crippen LogP contribution in [0.1, 0.15) is 64.7 Å². The van der Waals surface area contributed by atoms with Gasteiger partial charge in [0.25, 0.3) is 0 Å². The minimum Gasteiger partial charge on any atom is -0.481 e. The SMILES string of the molecule is CCCCCC(=O)CC[C@H]1C(=O)CC(O)[C@@H]1CCC(=O)O. The molecule has 0 radical (unpaired) electrons. The number of ketones is 2. The van der Waals surface area contributed by atoms with Crippen molar-refractivity contribution >= 4 is 17.5 Å². The number of carbonyl (C=O) groups excluding carboxylic acids is 2. The second-order valence-electron chi connectivity index (χ2n) is 5.98. The molecule has 21 heavy (non-hydrogen) atoms. The van der Waals surface area contributed by atoms with Gasteiger partial charge in [0.2, 0.25) is 0 Å². The molecule has 1 fully saturated rings. The van der Waals surface area contributed by atoms with Crippen LogP contribution in [0.5, 0.6) is 0 Å². The fraction of sp³-hybridized carbons (Fsp3) is 0.812. The summed E-state index contributed by atoms with van der Waals surface area (Å²) in [5.74, 6) is -1.45. The van der Waals surface area contributed by atoms with Crippen molar-refractivity contribution in [2.45, 2.75) is 70.8 Å². The monoisotopic (exact) mass is 298 g/mol. The van der Waals surface area contributed by atoms with Gasteiger partial charge in [-0.25, -0.2) is 0 Å². The molecular weight excluding hydrogens is 272 g/mol. The predicted octanol–water partition coefficient (Wildman–Crippen LogP) is 2.35. The molecule has 1 aliphatic rings. The molecule has 1 saturated carbocycles. The van der Waals surface area contributed by atoms with E-state index in [4.69, 9.17) is 5.11 Å². The molecule has 0 heterocycles. The summed E-state index contributed by atoms with van der Waals surface area (Å²) >= 11 is 0. The van der Waals surface area contributed by atoms with E-state index in [2.05, 4.69) is 6.92 Å². The fourth-order valence-corrected chi connectivity index (χ4v) is 3.09. The third kappa shape index (κ3) is 5.96. The van der Waals surface area contributed by atoms with Gasteiger partial charge in [0.15, 0.2) is 0 Å². The summed E-state index contributed by atoms with van der Waals surface area (Å²) in [7, 11) is 0. The number of unbranched alkanes of at least 4 members (excludes halogenated alkanes) is 2. The second-order valence-corrected chi connectivity index (χ2v) is 5.98. The van der Waals surface area contributed by atoms with Crippen molar-refractivity contribution in [3.05, 3.63) is 0 Å². The molecule has 0 spiro atoms. The zero-order valence-corrected chi connectivity index (χ0v) is 12.7. The van der Waals surface area contributed by atoms with E-state index in [1.165, 1.54) is 0 Å². The highest BCUT2D eigenvalue weighted by atomic mass is 16.4. The van der Waals surface area contributed by atoms with Crippen LogP contribution in [-0.4, -0.2) is 33.9 Å². The van der Waals surface area contributed by atoms with Crippen molar-refractivity contribution in [3.63, 3.8) is 0 Å². The summed E-state index contributed by atoms with van der Waals surface area (Å²) < 4.78 is 0. The van der Waals surface area contributed by atoms with Gasteiger partial charge in [0.1, 0.15) is 11.6 Å². The number of aliphatic hydroxyl groups is 1. The lowest BCUT2D eigenvalue weighted by molar-refractivity contribution is -0.137. The molecule has 5 heteroatoms. The van der Waals surface area contributed by atoms with E-state index in [1.54, 1.807) is 0 Å². The van der Waals surface area contributed by atoms with Gasteiger partial charge in [-0.15, -0.1) is 0 Å². The highest BCUT2D eigenvalue weighted by molar-refractivity contribution is 5.85. The van der Waals surface area contributed by atoms with Gasteiger partial charge >= 0.3 is 5.97 Å². The van der Waals surface area contributed by atoms with Crippen LogP contribution in [0.2, 0.25) is 0 Å². The third-order valence-corrected chi connectivity index (χ3v) is 4.32. The maximum atomic E-state index is 11.9. The minimum absolute atomic E-state index is 0.0285. The highest BCUT2D eigenvalue weighted by Gasteiger charge is 2.41. The minimum atomic E-state index is -0.920. The number of rotatable bonds is 10. The van der Waals surface area contributed by atoms with E-state index in [0.717, 1.165) is 19.3 Å². The van der Waals surface area contributed by atoms with E-state index in [-0.39, 0.29) is 36.2 Å². The van der Waals surface area contributed by atoms with Crippen LogP contribution >= 0.6 is 0 Å². The van der Waals surface area contributed by atoms with Crippen molar-refractivity contribution in [1.29, 1.82) is 0 Å². The molecule has 0 aromatic rings. The van der Waals surface area contributed by atoms with Gasteiger partial charge in [-0.05, 0) is 25.2 Å². The number of hydrogen-bond acceptors (Lipinski definition) is 4. The van der Waals surface area contributed by atoms with Crippen LogP contribution in [-0.2, 0) is 14.4 Å². The predicted molar refractivity (Wildman–Crippen MR) is 77.9 cm³/mol. The molecule has 0 bridgehead atoms. The molecule has 0 aliphatic heterocycles. The lowest BCUT2D eigenvalue weighted by Gasteiger charge is -2.19. The quantitative estimate of drug-likeness (QED) is 0.604. The Hall–Kier alpha value is -1.23. The van der Waals surface area contributed by atoms with Crippen molar-refractivity contribution in [3.8, 4) is 0 Å². The molecule has 0 amide bonds. The Morgan fingerprint density at radius 2 is 1.86 bits per heavy atom. The maximum Gasteiger partial charge on any atom is 0.303 e. The summed E-state index contributed by atoms with van der Waals surface area (Å²) in [4.78, 5) is 34.3. The Morgan fingerprint density at radius 1 is 1.14 bits per heavy atom. The van der Waals surface area contributed by atoms with Crippen molar-refractivity contribution in [2.75, 3.05) is 0 Å². The van der Waals surface area contributed by atoms with Crippen LogP contribution in [0.4, 0.5) is 0 Å². The zero-order valence-electron chi connectivity index (χ0n) is 12.7. The van der Waals surface area contributed by atoms with Gasteiger partial charge in [0, 0.05) is 31.6 Å². The van der Waals surface area contributed by atoms with E-state index in [1.807, 2.05) is 0 Å². The number of Topliss-reactive ketones (excluding diaryl/α,β-unsaturated/α-hetero) is 2. The molecule has 0 aromatic heterocycles. The standard InChI is InChI=1S/C16H26O5/c1-2-3-4-5-11(17)6-7-12-13(8-9-16(20)21)15(19)10-14(12)18/h12-13,15,19H,2-10H2,1H3,(H,20,21)/t12-,13-,15?/m1/s1. The maximum absolute atomic E-state index is 11.9. The number of aliphatic hydroxyl groups excluding tert-OH is 1. The van der Waals surface area contributed by atoms with Crippen LogP contribution in [0, 0.1) is 11.8 Å². The van der Waals surface area contributed by atoms with E-state index >= 15 is 0 Å². The topological polar surface area (TPSA) is 91.7 Å². The average Bonchev–Trinajstić information content (AvgIpc) is 2.68. The molecule has 3 atom stereocenters. The number of hydrogen-bond donors (Lipinski definition) is 2. The van der Waals surface area contributed by atoms with Gasteiger partial charge < -0.3 is 10.2 Å². The smallest absolute Gasteiger partial charge is 0.303 e. The van der Waals surface area contributed by atoms with Gasteiger partial charge in [0.05, 0.1) is 6.10 Å². The summed E-state index contributed by atoms with van der Waals surface area (Å²) in [5.41, 5.74) is 0. The Balaban J connectivity index is 2.44. The summed E-state index contributed by atoms with van der Waals surface area (Å²) in [5, 5.41) is 18.6. The Kier molecular flexibility index (Phi) is 7.57. The first-order valence-electron chi connectivity index (χ1n) is 7.90. The van der Waals surface area contributed by atoms with Gasteiger partial charge in [-0.2, -0.15) is 0 Å². The normalized spacial score (nSPS) is 25.2. The van der Waals surface area contributed by atoms with Crippen LogP contribution in [0.3, 0.4) is 0 Å². The average molecular weight is 298 g/mol. The summed E-state index contributed by atoms with van der Waals surface area (Å²) in [6.45, 7) is 2.08. The molecule has 0 saturated heterocycles. The zero-order chi connectivity index (χ0) is 15.8. The Morgan fingerprint density at radius 3 is 2.48 bits per heavy atom. The molecule has 1 aliphatic carbocycles. The highest BCUT2D eigenvalue weighted by Crippen LogP contribution is 2.35. The lowest BCUT2D eigenvalue weighted by Crippen LogP contribution is -2.22. The number of aliphatic carboxylic acids is 1. The van der Waals surface area contributed by atoms with Crippen LogP contribution in [0.15, 0.2) is 0 Å². The lowest BCUT2D eigenvalue weighted by atomic mass is 9.86. The molecule has 2 N–H and O–H groups in total. The fourth-order valence-electron chi connectivity index (χ4n) is 3.09. The Bertz CT molecular complexity index is 377. The molecule has 120 valence electrons. The molecule has 5 nitrogen and oxygen atoms in total. The summed E-state index contributed by atoms with van der Waals surface area (Å²) in [6, 6.07) is 0. The number of carbonyl (C=O) groups is 3. The third-order valence-electron chi connectivity index (χ3n) is 4.32. The van der Waals surface area contributed by atoms with Crippen LogP contribution < -0.4 is 0 Å². The first-order valence-corrected chi connectivity index (χ1v) is 7.90. The largest absolute Gasteiger partial charge is 0.481 e. The summed E-state index contributed by atoms with van der Waals surface area (Å²) in [6.07, 6.45) is 3.95. The van der Waals surface area contributed by atoms with Crippen molar-refractivity contribution in [1.82, 2.24) is 0 Å². The molecule has 1 rings (SSSR count). The molecule has 0 aromatic carbocycles. The first-order chi connectivity index (χ1) is 9.95. The van der Waals surface area contributed by atoms with E-state index in [9.17, 15) is 19.5 Å². The van der Waals surface area contributed by atoms with Crippen molar-refractivity contribution < 1.29 is 24.6 Å². The van der Waals surface area contributed by atoms with Crippen LogP contribution in [0.25, 0.3) is 0 Å². The molecular formula is C16H26O5. The number of carboxylic acids is 1. The molecule has 1 unspecified atom stereocenters. The van der Waals surface area contributed by atoms with E-state index in [0.29, 0.717) is 25.7 Å². The number of carboxylic acid groups (broad SMARTS) is 1. The van der Waals surface area contributed by atoms with E-state index < -0.39 is 12.1 Å². The first kappa shape index (κ1) is 17.8. The van der Waals surface area contributed by atoms with Crippen molar-refractivity contribution in [2.24, 2.45) is 11.8 Å². The Labute approximate surface area is 125 Å². The second kappa shape index (κ2) is 8.93. The van der Waals surface area contributed by atoms with Gasteiger partial charge in [-0.3, -0.25) is 14.4 Å². The van der Waals surface area contributed by atoms with Gasteiger partial charge in [-0.1, -0.05) is 19.8 Å².